The second kappa shape index (κ2) is 36.5. The normalized spacial score (nSPS) is 19.0. The van der Waals surface area contributed by atoms with Gasteiger partial charge >= 0.3 is 23.5 Å². The highest BCUT2D eigenvalue weighted by molar-refractivity contribution is 8.76. The Hall–Kier alpha value is -6.17. The number of ether oxygens (including phenoxy) is 1. The van der Waals surface area contributed by atoms with Crippen LogP contribution in [0.3, 0.4) is 0 Å². The first-order valence-corrected chi connectivity index (χ1v) is 40.8. The monoisotopic (exact) mass is 1540 g/mol. The van der Waals surface area contributed by atoms with Crippen LogP contribution in [-0.4, -0.2) is 154 Å². The molecule has 33 nitrogen and oxygen atoms in total. The summed E-state index contributed by atoms with van der Waals surface area (Å²) in [6, 6.07) is 9.41. The van der Waals surface area contributed by atoms with Crippen LogP contribution in [-0.2, 0) is 81.1 Å². The molecule has 6 atom stereocenters. The summed E-state index contributed by atoms with van der Waals surface area (Å²) in [5.41, 5.74) is 11.1. The quantitative estimate of drug-likeness (QED) is 0.00188. The van der Waals surface area contributed by atoms with E-state index >= 15 is 0 Å². The molecule has 6 unspecified atom stereocenters. The number of rotatable bonds is 37. The third-order valence-corrected chi connectivity index (χ3v) is 23.8. The first-order chi connectivity index (χ1) is 47.5. The molecule has 101 heavy (non-hydrogen) atoms. The fourth-order valence-corrected chi connectivity index (χ4v) is 17.6. The lowest BCUT2D eigenvalue weighted by Gasteiger charge is -2.25. The zero-order chi connectivity index (χ0) is 74.1. The van der Waals surface area contributed by atoms with Crippen molar-refractivity contribution < 1.29 is 108 Å². The Kier molecular flexibility index (Phi) is 29.7. The highest BCUT2D eigenvalue weighted by Crippen LogP contribution is 2.66. The fraction of sp³-hybridized carbons (Fsp3) is 0.475. The molecule has 2 aromatic heterocycles. The van der Waals surface area contributed by atoms with Crippen molar-refractivity contribution in [2.24, 2.45) is 0 Å². The minimum atomic E-state index is -5.80. The van der Waals surface area contributed by atoms with Gasteiger partial charge in [0.25, 0.3) is 10.1 Å². The molecule has 2 aromatic carbocycles. The number of nitrogens with one attached hydrogen (secondary N) is 5. The Bertz CT molecular complexity index is 4180. The van der Waals surface area contributed by atoms with Crippen molar-refractivity contribution in [3.05, 3.63) is 102 Å². The number of phosphoric acid groups is 3. The number of nitrogen functional groups attached to an aromatic ring is 1. The lowest BCUT2D eigenvalue weighted by atomic mass is 9.81. The van der Waals surface area contributed by atoms with Crippen LogP contribution in [0.4, 0.5) is 17.2 Å². The number of aromatic nitrogens is 3. The van der Waals surface area contributed by atoms with Gasteiger partial charge in [0.15, 0.2) is 5.71 Å². The maximum atomic E-state index is 13.7. The van der Waals surface area contributed by atoms with Gasteiger partial charge in [0.2, 0.25) is 29.3 Å². The molecule has 40 heteroatoms. The second-order valence-corrected chi connectivity index (χ2v) is 33.5. The minimum absolute atomic E-state index is 0.0238. The van der Waals surface area contributed by atoms with Crippen molar-refractivity contribution in [2.45, 2.75) is 151 Å². The fourth-order valence-electron chi connectivity index (χ4n) is 11.5. The lowest BCUT2D eigenvalue weighted by Crippen LogP contribution is -2.48. The minimum Gasteiger partial charge on any atom is -0.691 e. The second-order valence-electron chi connectivity index (χ2n) is 24.2. The molecule has 5 heterocycles. The number of hydrogen-bond acceptors (Lipinski definition) is 25. The number of carbonyl (C=O) groups excluding carboxylic acids is 4. The van der Waals surface area contributed by atoms with Crippen LogP contribution in [0.2, 0.25) is 0 Å². The number of aliphatic hydroxyl groups excluding tert-OH is 1. The molecule has 7 rings (SSSR count). The third-order valence-electron chi connectivity index (χ3n) is 16.2. The Morgan fingerprint density at radius 3 is 2.35 bits per heavy atom. The molecule has 13 N–H and O–H groups in total. The van der Waals surface area contributed by atoms with Crippen LogP contribution >= 0.6 is 57.1 Å². The number of unbranched alkanes of at least 4 members (excludes halogenated alkanes) is 4. The van der Waals surface area contributed by atoms with E-state index in [1.165, 1.54) is 51.4 Å². The van der Waals surface area contributed by atoms with Crippen LogP contribution in [0.5, 0.6) is 0 Å². The van der Waals surface area contributed by atoms with Crippen molar-refractivity contribution in [1.29, 1.82) is 5.41 Å². The smallest absolute Gasteiger partial charge is 0.490 e. The first kappa shape index (κ1) is 82.1. The van der Waals surface area contributed by atoms with Gasteiger partial charge in [0, 0.05) is 102 Å². The predicted octanol–water partition coefficient (Wildman–Crippen LogP) is 6.45. The molecule has 3 aliphatic heterocycles. The molecule has 4 amide bonds. The summed E-state index contributed by atoms with van der Waals surface area (Å²) in [4.78, 5) is 100. The summed E-state index contributed by atoms with van der Waals surface area (Å²) in [6.45, 7) is 12.2. The summed E-state index contributed by atoms with van der Waals surface area (Å²) in [7, 11) is -18.9. The maximum absolute atomic E-state index is 13.7. The van der Waals surface area contributed by atoms with Crippen LogP contribution < -0.4 is 37.2 Å². The average Bonchev–Trinajstić information content (AvgIpc) is 1.61. The number of hydrogen-bond donors (Lipinski definition) is 12. The van der Waals surface area contributed by atoms with Gasteiger partial charge in [-0.2, -0.15) is 25.9 Å². The standard InChI is InChI=1S/C61H82N11O22P3S4/c1-7-70-46-25-23-41(100-92-91-78)32-43(46)60(3,4)50(70)19-11-8-12-20-51-61(5,6)44-33-42(101(86,87)88)24-26-47(44)71(51)30-16-10-14-22-54(76)69-45(59(77)65-28-15-9-13-21-53(75)68-39(2)62)37-99-98-31-27-52(74)64-29-17-18-40-35-72(58-56(40)57(63)66-38-67-58)55-34-48(73)49(90-55)36-89-96(82,83)94-97(84,85)93-95(79,80)81/h8,11-12,19-20,23-26,32-33,35,38,45,48-49,55,73H,7,9-10,13-16,21-22,27-31,34,36-37H2,1-6H3,(H12-,62,63,64,65,66,67,68,69,74,75,76,77,78,79,80,81,82,83,84,85,86,87,88). The molecule has 0 spiro atoms. The van der Waals surface area contributed by atoms with Crippen LogP contribution in [0.1, 0.15) is 129 Å². The number of aliphatic hydroxyl groups is 1. The summed E-state index contributed by atoms with van der Waals surface area (Å²) in [5, 5.41) is 43.5. The molecule has 4 aromatic rings. The van der Waals surface area contributed by atoms with Crippen molar-refractivity contribution >= 4 is 131 Å². The molecule has 0 saturated carbocycles. The van der Waals surface area contributed by atoms with Crippen molar-refractivity contribution in [2.75, 3.05) is 54.9 Å². The van der Waals surface area contributed by atoms with E-state index in [1.807, 2.05) is 56.4 Å². The van der Waals surface area contributed by atoms with Gasteiger partial charge in [0.1, 0.15) is 42.7 Å². The largest absolute Gasteiger partial charge is 0.691 e. The number of likely N-dealkylation sites (N-methyl/N-ethyl adjacent to an activating group) is 1. The van der Waals surface area contributed by atoms with E-state index in [1.54, 1.807) is 6.07 Å². The number of phosphoric ester groups is 1. The van der Waals surface area contributed by atoms with Crippen LogP contribution in [0.15, 0.2) is 94.8 Å². The van der Waals surface area contributed by atoms with Gasteiger partial charge in [-0.05, 0) is 95.3 Å². The molecule has 1 saturated heterocycles. The Morgan fingerprint density at radius 2 is 1.64 bits per heavy atom. The van der Waals surface area contributed by atoms with Crippen LogP contribution in [0.25, 0.3) is 11.0 Å². The predicted molar refractivity (Wildman–Crippen MR) is 375 cm³/mol. The first-order valence-electron chi connectivity index (χ1n) is 31.6. The lowest BCUT2D eigenvalue weighted by molar-refractivity contribution is -0.777. The number of nitrogens with zero attached hydrogens (tertiary/aromatic N) is 5. The summed E-state index contributed by atoms with van der Waals surface area (Å²) < 4.78 is 95.9. The number of carbonyl (C=O) groups is 4. The number of nitrogens with two attached hydrogens (primary N) is 1. The van der Waals surface area contributed by atoms with Gasteiger partial charge in [0.05, 0.1) is 58.4 Å². The number of benzene rings is 2. The van der Waals surface area contributed by atoms with E-state index in [4.69, 9.17) is 25.7 Å². The van der Waals surface area contributed by atoms with E-state index in [-0.39, 0.29) is 84.4 Å². The Labute approximate surface area is 595 Å². The number of amides is 4. The average molecular weight is 1540 g/mol. The van der Waals surface area contributed by atoms with E-state index in [0.29, 0.717) is 78.8 Å². The number of fused-ring (bicyclic) bond motifs is 3. The highest BCUT2D eigenvalue weighted by atomic mass is 33.1. The number of amidine groups is 1. The van der Waals surface area contributed by atoms with Gasteiger partial charge < -0.3 is 71.1 Å². The van der Waals surface area contributed by atoms with E-state index in [2.05, 4.69) is 102 Å². The van der Waals surface area contributed by atoms with Crippen molar-refractivity contribution in [1.82, 2.24) is 35.8 Å². The highest BCUT2D eigenvalue weighted by Gasteiger charge is 2.46. The molecule has 0 aliphatic carbocycles. The zero-order valence-corrected chi connectivity index (χ0v) is 61.8. The van der Waals surface area contributed by atoms with E-state index in [0.717, 1.165) is 46.7 Å². The van der Waals surface area contributed by atoms with Crippen molar-refractivity contribution in [3.63, 3.8) is 0 Å². The third kappa shape index (κ3) is 23.4. The molecule has 552 valence electrons. The zero-order valence-electron chi connectivity index (χ0n) is 55.8. The summed E-state index contributed by atoms with van der Waals surface area (Å²) in [6.07, 6.45) is 12.4. The summed E-state index contributed by atoms with van der Waals surface area (Å²) >= 11 is 0.833. The van der Waals surface area contributed by atoms with Gasteiger partial charge in [-0.15, -0.1) is 0 Å². The molecule has 1 fully saturated rings. The summed E-state index contributed by atoms with van der Waals surface area (Å²) in [5.74, 6) is 4.90. The van der Waals surface area contributed by atoms with Crippen molar-refractivity contribution in [3.8, 4) is 11.8 Å². The Balaban J connectivity index is 0.924. The molecular formula is C61H82N11O22P3S4. The molecule has 0 bridgehead atoms. The van der Waals surface area contributed by atoms with Gasteiger partial charge in [-0.3, -0.25) is 38.7 Å². The van der Waals surface area contributed by atoms with E-state index < -0.39 is 81.4 Å². The van der Waals surface area contributed by atoms with E-state index in [9.17, 15) is 66.0 Å². The molecular weight excluding hydrogens is 1460 g/mol. The maximum Gasteiger partial charge on any atom is 0.490 e. The number of anilines is 2. The number of allylic oxidation sites excluding steroid dienone is 6. The molecule has 3 aliphatic rings. The van der Waals surface area contributed by atoms with Crippen LogP contribution in [0, 0.1) is 17.3 Å². The SMILES string of the molecule is CCN1/C(=C/C=C/C=C/C2=[N+](CCCCCC(=O)NC(CSSCCC(=O)NCC#Cc3cn(C4CC(O)C(COP(=O)(O)OP(=O)(O)OP(=O)(O)O)O4)c4ncnc(N)c34)C(=O)NCCCCCC(=O)NC(C)=N)c3ccc(S(=O)(=O)O)cc3C2(C)C)C(C)(C)c2cc(SOO[O-])ccc21. The Morgan fingerprint density at radius 1 is 0.911 bits per heavy atom. The van der Waals surface area contributed by atoms with Gasteiger partial charge in [-0.25, -0.2) is 23.7 Å². The van der Waals surface area contributed by atoms with Gasteiger partial charge in [-0.1, -0.05) is 71.9 Å². The molecule has 0 radical (unpaired) electrons. The topological polar surface area (TPSA) is 488 Å².